The van der Waals surface area contributed by atoms with Gasteiger partial charge in [-0.05, 0) is 55.5 Å². The van der Waals surface area contributed by atoms with E-state index in [1.54, 1.807) is 13.1 Å². The number of rotatable bonds is 5. The molecule has 8 nitrogen and oxygen atoms in total. The van der Waals surface area contributed by atoms with Crippen LogP contribution in [0.25, 0.3) is 16.9 Å². The van der Waals surface area contributed by atoms with Gasteiger partial charge in [-0.15, -0.1) is 0 Å². The third-order valence-corrected chi connectivity index (χ3v) is 5.28. The lowest BCUT2D eigenvalue weighted by atomic mass is 10.2. The van der Waals surface area contributed by atoms with Crippen molar-refractivity contribution in [3.05, 3.63) is 106 Å². The summed E-state index contributed by atoms with van der Waals surface area (Å²) < 4.78 is 35.0. The number of imidazole rings is 1. The molecular formula is C25H17F2N5O3. The molecule has 0 radical (unpaired) electrons. The number of anilines is 1. The third-order valence-electron chi connectivity index (χ3n) is 5.28. The first-order valence-corrected chi connectivity index (χ1v) is 10.5. The van der Waals surface area contributed by atoms with Crippen molar-refractivity contribution >= 4 is 22.8 Å². The van der Waals surface area contributed by atoms with Crippen LogP contribution < -0.4 is 15.6 Å². The quantitative estimate of drug-likeness (QED) is 0.384. The van der Waals surface area contributed by atoms with E-state index in [-0.39, 0.29) is 17.0 Å². The summed E-state index contributed by atoms with van der Waals surface area (Å²) in [6.07, 6.45) is 4.51. The summed E-state index contributed by atoms with van der Waals surface area (Å²) in [5.41, 5.74) is 1.42. The molecule has 1 amide bonds. The van der Waals surface area contributed by atoms with Crippen molar-refractivity contribution in [1.82, 2.24) is 19.5 Å². The van der Waals surface area contributed by atoms with E-state index < -0.39 is 23.1 Å². The van der Waals surface area contributed by atoms with E-state index in [0.717, 1.165) is 6.07 Å². The number of fused-ring (bicyclic) bond motifs is 1. The van der Waals surface area contributed by atoms with Crippen LogP contribution in [0.3, 0.4) is 0 Å². The van der Waals surface area contributed by atoms with Gasteiger partial charge in [-0.1, -0.05) is 0 Å². The number of carbonyl (C=O) groups is 1. The van der Waals surface area contributed by atoms with Gasteiger partial charge in [-0.2, -0.15) is 0 Å². The van der Waals surface area contributed by atoms with E-state index in [1.807, 2.05) is 0 Å². The molecule has 3 heterocycles. The maximum Gasteiger partial charge on any atom is 0.267 e. The minimum absolute atomic E-state index is 0.0634. The SMILES string of the molecule is Cc1cnc2nc[nH]c2c1Oc1ccc(NC(=O)c2cccn(-c3ccc(F)cc3)c2=O)cc1F. The number of halogens is 2. The van der Waals surface area contributed by atoms with Gasteiger partial charge in [-0.25, -0.2) is 18.7 Å². The number of amides is 1. The lowest BCUT2D eigenvalue weighted by molar-refractivity contribution is 0.102. The van der Waals surface area contributed by atoms with E-state index in [2.05, 4.69) is 20.3 Å². The van der Waals surface area contributed by atoms with Crippen molar-refractivity contribution in [2.75, 3.05) is 5.32 Å². The summed E-state index contributed by atoms with van der Waals surface area (Å²) in [6.45, 7) is 1.77. The number of nitrogens with zero attached hydrogens (tertiary/aromatic N) is 3. The Hall–Kier alpha value is -4.86. The van der Waals surface area contributed by atoms with Crippen LogP contribution in [0.4, 0.5) is 14.5 Å². The Labute approximate surface area is 196 Å². The standard InChI is InChI=1S/C25H17F2N5O3/c1-14-12-28-23-21(29-13-30-23)22(14)35-20-9-6-16(11-19(20)27)31-24(33)18-3-2-10-32(25(18)34)17-7-4-15(26)5-8-17/h2-13H,1H3,(H,31,33)(H,28,29,30). The number of hydrogen-bond acceptors (Lipinski definition) is 5. The van der Waals surface area contributed by atoms with Crippen molar-refractivity contribution in [3.63, 3.8) is 0 Å². The van der Waals surface area contributed by atoms with Crippen LogP contribution >= 0.6 is 0 Å². The first-order chi connectivity index (χ1) is 16.9. The van der Waals surface area contributed by atoms with Gasteiger partial charge >= 0.3 is 0 Å². The monoisotopic (exact) mass is 473 g/mol. The lowest BCUT2D eigenvalue weighted by Gasteiger charge is -2.12. The second-order valence-corrected chi connectivity index (χ2v) is 7.65. The van der Waals surface area contributed by atoms with Crippen LogP contribution in [0.5, 0.6) is 11.5 Å². The van der Waals surface area contributed by atoms with Gasteiger partial charge < -0.3 is 15.0 Å². The number of carbonyl (C=O) groups excluding carboxylic acids is 1. The molecule has 174 valence electrons. The van der Waals surface area contributed by atoms with Crippen LogP contribution in [0.2, 0.25) is 0 Å². The fourth-order valence-electron chi connectivity index (χ4n) is 3.54. The zero-order valence-corrected chi connectivity index (χ0v) is 18.3. The third kappa shape index (κ3) is 4.24. The van der Waals surface area contributed by atoms with Crippen LogP contribution in [0.1, 0.15) is 15.9 Å². The molecule has 0 bridgehead atoms. The zero-order chi connectivity index (χ0) is 24.5. The molecule has 2 N–H and O–H groups in total. The Morgan fingerprint density at radius 2 is 1.89 bits per heavy atom. The second kappa shape index (κ2) is 8.82. The first-order valence-electron chi connectivity index (χ1n) is 10.5. The molecule has 0 aliphatic heterocycles. The number of aromatic amines is 1. The molecule has 2 aromatic carbocycles. The van der Waals surface area contributed by atoms with E-state index in [9.17, 15) is 18.4 Å². The number of aromatic nitrogens is 4. The number of H-pyrrole nitrogens is 1. The second-order valence-electron chi connectivity index (χ2n) is 7.65. The van der Waals surface area contributed by atoms with Crippen LogP contribution in [0.15, 0.2) is 78.1 Å². The smallest absolute Gasteiger partial charge is 0.267 e. The number of benzene rings is 2. The molecule has 10 heteroatoms. The summed E-state index contributed by atoms with van der Waals surface area (Å²) in [5, 5.41) is 2.52. The molecule has 0 saturated heterocycles. The predicted octanol–water partition coefficient (Wildman–Crippen LogP) is 4.74. The van der Waals surface area contributed by atoms with E-state index in [0.29, 0.717) is 28.2 Å². The average molecular weight is 473 g/mol. The molecule has 0 fully saturated rings. The molecule has 5 aromatic rings. The first kappa shape index (κ1) is 22.0. The van der Waals surface area contributed by atoms with E-state index in [4.69, 9.17) is 4.74 Å². The topological polar surface area (TPSA) is 102 Å². The lowest BCUT2D eigenvalue weighted by Crippen LogP contribution is -2.27. The van der Waals surface area contributed by atoms with E-state index >= 15 is 0 Å². The highest BCUT2D eigenvalue weighted by atomic mass is 19.1. The van der Waals surface area contributed by atoms with Crippen LogP contribution in [0, 0.1) is 18.6 Å². The van der Waals surface area contributed by atoms with Gasteiger partial charge in [0.2, 0.25) is 0 Å². The highest BCUT2D eigenvalue weighted by Gasteiger charge is 2.16. The van der Waals surface area contributed by atoms with Crippen molar-refractivity contribution in [1.29, 1.82) is 0 Å². The predicted molar refractivity (Wildman–Crippen MR) is 125 cm³/mol. The van der Waals surface area contributed by atoms with Crippen molar-refractivity contribution in [2.24, 2.45) is 0 Å². The maximum atomic E-state index is 14.8. The molecule has 35 heavy (non-hydrogen) atoms. The van der Waals surface area contributed by atoms with Crippen molar-refractivity contribution in [3.8, 4) is 17.2 Å². The summed E-state index contributed by atoms with van der Waals surface area (Å²) in [4.78, 5) is 36.7. The van der Waals surface area contributed by atoms with E-state index in [1.165, 1.54) is 65.6 Å². The molecule has 5 rings (SSSR count). The highest BCUT2D eigenvalue weighted by molar-refractivity contribution is 6.04. The van der Waals surface area contributed by atoms with Crippen molar-refractivity contribution in [2.45, 2.75) is 6.92 Å². The number of ether oxygens (including phenoxy) is 1. The highest BCUT2D eigenvalue weighted by Crippen LogP contribution is 2.32. The van der Waals surface area contributed by atoms with Gasteiger partial charge in [0.25, 0.3) is 11.5 Å². The summed E-state index contributed by atoms with van der Waals surface area (Å²) in [7, 11) is 0. The zero-order valence-electron chi connectivity index (χ0n) is 18.3. The Bertz CT molecular complexity index is 1630. The fraction of sp³-hybridized carbons (Fsp3) is 0.0400. The minimum Gasteiger partial charge on any atom is -0.452 e. The maximum absolute atomic E-state index is 14.8. The molecule has 3 aromatic heterocycles. The summed E-state index contributed by atoms with van der Waals surface area (Å²) >= 11 is 0. The molecule has 0 atom stereocenters. The Morgan fingerprint density at radius 3 is 2.66 bits per heavy atom. The fourth-order valence-corrected chi connectivity index (χ4v) is 3.54. The molecule has 0 saturated carbocycles. The molecule has 0 unspecified atom stereocenters. The Balaban J connectivity index is 1.38. The Kier molecular flexibility index (Phi) is 5.54. The normalized spacial score (nSPS) is 10.9. The van der Waals surface area contributed by atoms with Gasteiger partial charge in [0, 0.05) is 35.4 Å². The van der Waals surface area contributed by atoms with Gasteiger partial charge in [-0.3, -0.25) is 14.2 Å². The summed E-state index contributed by atoms with van der Waals surface area (Å²) in [6, 6.07) is 12.1. The number of nitrogens with one attached hydrogen (secondary N) is 2. The van der Waals surface area contributed by atoms with Gasteiger partial charge in [0.15, 0.2) is 23.0 Å². The molecule has 0 aliphatic carbocycles. The van der Waals surface area contributed by atoms with Gasteiger partial charge in [0.1, 0.15) is 16.9 Å². The molecule has 0 aliphatic rings. The number of aryl methyl sites for hydroxylation is 1. The van der Waals surface area contributed by atoms with Gasteiger partial charge in [0.05, 0.1) is 6.33 Å². The largest absolute Gasteiger partial charge is 0.452 e. The average Bonchev–Trinajstić information content (AvgIpc) is 3.32. The summed E-state index contributed by atoms with van der Waals surface area (Å²) in [5.74, 6) is -1.56. The van der Waals surface area contributed by atoms with Crippen LogP contribution in [-0.4, -0.2) is 25.4 Å². The Morgan fingerprint density at radius 1 is 1.09 bits per heavy atom. The minimum atomic E-state index is -0.719. The van der Waals surface area contributed by atoms with Crippen LogP contribution in [-0.2, 0) is 0 Å². The number of hydrogen-bond donors (Lipinski definition) is 2. The molecule has 0 spiro atoms. The number of pyridine rings is 2. The molecular weight excluding hydrogens is 456 g/mol. The van der Waals surface area contributed by atoms with Crippen molar-refractivity contribution < 1.29 is 18.3 Å².